The van der Waals surface area contributed by atoms with Gasteiger partial charge in [-0.2, -0.15) is 9.65 Å². The van der Waals surface area contributed by atoms with Crippen LogP contribution in [0.25, 0.3) is 11.0 Å². The second-order valence-electron chi connectivity index (χ2n) is 9.87. The Morgan fingerprint density at radius 1 is 0.927 bits per heavy atom. The number of pyridine rings is 1. The van der Waals surface area contributed by atoms with Crippen LogP contribution < -0.4 is 19.3 Å². The third-order valence-electron chi connectivity index (χ3n) is 7.18. The summed E-state index contributed by atoms with van der Waals surface area (Å²) < 4.78 is 27.8. The Balaban J connectivity index is 1.63. The van der Waals surface area contributed by atoms with Gasteiger partial charge in [0.25, 0.3) is 0 Å². The lowest BCUT2D eigenvalue weighted by Crippen LogP contribution is -2.23. The molecule has 2 aromatic heterocycles. The molecule has 5 rings (SSSR count). The van der Waals surface area contributed by atoms with E-state index in [-0.39, 0.29) is 5.69 Å². The number of anilines is 3. The predicted octanol–water partition coefficient (Wildman–Crippen LogP) is 6.28. The molecule has 0 bridgehead atoms. The molecule has 0 atom stereocenters. The Labute approximate surface area is 238 Å². The van der Waals surface area contributed by atoms with Crippen molar-refractivity contribution < 1.29 is 13.9 Å². The maximum Gasteiger partial charge on any atom is 0.238 e. The van der Waals surface area contributed by atoms with E-state index in [0.29, 0.717) is 24.3 Å². The number of nitrogens with zero attached hydrogens (tertiary/aromatic N) is 6. The van der Waals surface area contributed by atoms with Crippen LogP contribution in [0.3, 0.4) is 0 Å². The highest BCUT2D eigenvalue weighted by molar-refractivity contribution is 5.93. The Bertz CT molecular complexity index is 1650. The highest BCUT2D eigenvalue weighted by atomic mass is 19.1. The summed E-state index contributed by atoms with van der Waals surface area (Å²) in [5.41, 5.74) is 6.58. The number of methoxy groups -OCH3 is 2. The predicted molar refractivity (Wildman–Crippen MR) is 158 cm³/mol. The lowest BCUT2D eigenvalue weighted by atomic mass is 10.1. The van der Waals surface area contributed by atoms with Crippen LogP contribution in [0, 0.1) is 24.2 Å². The largest absolute Gasteiger partial charge is 0.497 e. The molecule has 9 heteroatoms. The summed E-state index contributed by atoms with van der Waals surface area (Å²) in [6.07, 6.45) is 1.78. The third kappa shape index (κ3) is 5.63. The van der Waals surface area contributed by atoms with Crippen LogP contribution in [0.15, 0.2) is 73.1 Å². The van der Waals surface area contributed by atoms with E-state index in [2.05, 4.69) is 9.88 Å². The van der Waals surface area contributed by atoms with Gasteiger partial charge in [0.15, 0.2) is 0 Å². The standard InChI is InChI=1S/C32H31FN6O2/c1-21-14-24(17-34)36-32(33)31(21)38(3)25-15-28-30(35-20-37(28)2)29(16-25)39(18-22-6-10-26(40-4)11-7-22)19-23-8-12-27(41-5)13-9-23/h6-16,20H,18-19H2,1-5H3. The molecule has 208 valence electrons. The van der Waals surface area contributed by atoms with E-state index in [1.165, 1.54) is 0 Å². The van der Waals surface area contributed by atoms with Crippen molar-refractivity contribution in [2.24, 2.45) is 7.05 Å². The Kier molecular flexibility index (Phi) is 7.74. The molecule has 3 aromatic carbocycles. The number of aromatic nitrogens is 3. The van der Waals surface area contributed by atoms with Gasteiger partial charge in [-0.15, -0.1) is 0 Å². The molecule has 2 heterocycles. The number of hydrogen-bond donors (Lipinski definition) is 0. The molecule has 41 heavy (non-hydrogen) atoms. The molecule has 0 amide bonds. The first-order valence-corrected chi connectivity index (χ1v) is 13.1. The Morgan fingerprint density at radius 3 is 2.02 bits per heavy atom. The normalized spacial score (nSPS) is 10.9. The van der Waals surface area contributed by atoms with Crippen molar-refractivity contribution in [2.45, 2.75) is 20.0 Å². The van der Waals surface area contributed by atoms with Gasteiger partial charge in [-0.05, 0) is 66.1 Å². The molecule has 0 saturated heterocycles. The van der Waals surface area contributed by atoms with Crippen molar-refractivity contribution >= 4 is 28.1 Å². The second kappa shape index (κ2) is 11.6. The first-order chi connectivity index (χ1) is 19.8. The average molecular weight is 551 g/mol. The summed E-state index contributed by atoms with van der Waals surface area (Å²) in [6, 6.07) is 23.5. The van der Waals surface area contributed by atoms with Crippen molar-refractivity contribution in [1.29, 1.82) is 5.26 Å². The zero-order valence-electron chi connectivity index (χ0n) is 23.7. The van der Waals surface area contributed by atoms with E-state index in [0.717, 1.165) is 45.0 Å². The second-order valence-corrected chi connectivity index (χ2v) is 9.87. The summed E-state index contributed by atoms with van der Waals surface area (Å²) in [7, 11) is 7.05. The van der Waals surface area contributed by atoms with Crippen LogP contribution in [0.2, 0.25) is 0 Å². The van der Waals surface area contributed by atoms with Crippen LogP contribution in [0.4, 0.5) is 21.5 Å². The number of nitriles is 1. The molecule has 5 aromatic rings. The lowest BCUT2D eigenvalue weighted by Gasteiger charge is -2.28. The van der Waals surface area contributed by atoms with Crippen molar-refractivity contribution in [2.75, 3.05) is 31.1 Å². The highest BCUT2D eigenvalue weighted by Gasteiger charge is 2.21. The molecule has 0 radical (unpaired) electrons. The fourth-order valence-electron chi connectivity index (χ4n) is 4.98. The SMILES string of the molecule is COc1ccc(CN(Cc2ccc(OC)cc2)c2cc(N(C)c3c(C)cc(C#N)nc3F)cc3c2ncn3C)cc1. The van der Waals surface area contributed by atoms with Crippen molar-refractivity contribution in [3.63, 3.8) is 0 Å². The Hall–Kier alpha value is -5.10. The van der Waals surface area contributed by atoms with E-state index in [1.807, 2.05) is 78.3 Å². The van der Waals surface area contributed by atoms with E-state index in [4.69, 9.17) is 14.5 Å². The molecule has 8 nitrogen and oxygen atoms in total. The summed E-state index contributed by atoms with van der Waals surface area (Å²) in [5, 5.41) is 9.23. The smallest absolute Gasteiger partial charge is 0.238 e. The summed E-state index contributed by atoms with van der Waals surface area (Å²) in [4.78, 5) is 12.6. The van der Waals surface area contributed by atoms with E-state index >= 15 is 4.39 Å². The third-order valence-corrected chi connectivity index (χ3v) is 7.18. The zero-order valence-corrected chi connectivity index (χ0v) is 23.7. The van der Waals surface area contributed by atoms with Gasteiger partial charge >= 0.3 is 0 Å². The summed E-state index contributed by atoms with van der Waals surface area (Å²) >= 11 is 0. The van der Waals surface area contributed by atoms with Gasteiger partial charge in [-0.1, -0.05) is 24.3 Å². The molecule has 0 saturated carbocycles. The number of ether oxygens (including phenoxy) is 2. The molecule has 0 aliphatic carbocycles. The number of imidazole rings is 1. The summed E-state index contributed by atoms with van der Waals surface area (Å²) in [5.74, 6) is 0.892. The molecule has 0 N–H and O–H groups in total. The van der Waals surface area contributed by atoms with Gasteiger partial charge in [-0.25, -0.2) is 9.97 Å². The number of halogens is 1. The van der Waals surface area contributed by atoms with Gasteiger partial charge in [0.1, 0.15) is 28.8 Å². The maximum atomic E-state index is 15.2. The fourth-order valence-corrected chi connectivity index (χ4v) is 4.98. The van der Waals surface area contributed by atoms with Crippen LogP contribution in [0.1, 0.15) is 22.4 Å². The van der Waals surface area contributed by atoms with E-state index < -0.39 is 5.95 Å². The molecule has 0 fully saturated rings. The van der Waals surface area contributed by atoms with Crippen molar-refractivity contribution in [1.82, 2.24) is 14.5 Å². The molecule has 0 aliphatic rings. The first-order valence-electron chi connectivity index (χ1n) is 13.1. The Morgan fingerprint density at radius 2 is 1.51 bits per heavy atom. The van der Waals surface area contributed by atoms with Gasteiger partial charge in [0.05, 0.1) is 37.4 Å². The van der Waals surface area contributed by atoms with E-state index in [9.17, 15) is 5.26 Å². The van der Waals surface area contributed by atoms with E-state index in [1.54, 1.807) is 45.5 Å². The molecule has 0 aliphatic heterocycles. The van der Waals surface area contributed by atoms with Crippen LogP contribution in [0.5, 0.6) is 11.5 Å². The van der Waals surface area contributed by atoms with Crippen LogP contribution in [-0.4, -0.2) is 35.8 Å². The lowest BCUT2D eigenvalue weighted by molar-refractivity contribution is 0.414. The zero-order chi connectivity index (χ0) is 29.1. The minimum absolute atomic E-state index is 0.0464. The quantitative estimate of drug-likeness (QED) is 0.200. The monoisotopic (exact) mass is 550 g/mol. The highest BCUT2D eigenvalue weighted by Crippen LogP contribution is 2.37. The van der Waals surface area contributed by atoms with Gasteiger partial charge < -0.3 is 23.8 Å². The molecule has 0 unspecified atom stereocenters. The average Bonchev–Trinajstić information content (AvgIpc) is 3.37. The van der Waals surface area contributed by atoms with Crippen molar-refractivity contribution in [3.8, 4) is 17.6 Å². The number of benzene rings is 3. The number of aryl methyl sites for hydroxylation is 2. The van der Waals surface area contributed by atoms with Crippen LogP contribution >= 0.6 is 0 Å². The number of fused-ring (bicyclic) bond motifs is 1. The molecular formula is C32H31FN6O2. The van der Waals surface area contributed by atoms with Gasteiger partial charge in [0.2, 0.25) is 5.95 Å². The van der Waals surface area contributed by atoms with Crippen LogP contribution in [-0.2, 0) is 20.1 Å². The fraction of sp³-hybridized carbons (Fsp3) is 0.219. The minimum Gasteiger partial charge on any atom is -0.497 e. The van der Waals surface area contributed by atoms with Gasteiger partial charge in [0, 0.05) is 32.9 Å². The summed E-state index contributed by atoms with van der Waals surface area (Å²) in [6.45, 7) is 2.97. The molecular weight excluding hydrogens is 519 g/mol. The first kappa shape index (κ1) is 27.5. The minimum atomic E-state index is -0.691. The topological polar surface area (TPSA) is 79.4 Å². The number of hydrogen-bond acceptors (Lipinski definition) is 7. The van der Waals surface area contributed by atoms with Crippen molar-refractivity contribution in [3.05, 3.63) is 101 Å². The maximum absolute atomic E-state index is 15.2. The molecule has 0 spiro atoms. The number of rotatable bonds is 9. The van der Waals surface area contributed by atoms with Gasteiger partial charge in [-0.3, -0.25) is 0 Å².